The Hall–Kier alpha value is -1.57. The van der Waals surface area contributed by atoms with E-state index in [-0.39, 0.29) is 36.4 Å². The molecule has 0 amide bonds. The molecule has 0 radical (unpaired) electrons. The van der Waals surface area contributed by atoms with E-state index in [1.165, 1.54) is 12.1 Å². The molecule has 0 fully saturated rings. The van der Waals surface area contributed by atoms with E-state index in [1.54, 1.807) is 13.0 Å². The number of ether oxygens (including phenoxy) is 1. The number of alkyl halides is 3. The summed E-state index contributed by atoms with van der Waals surface area (Å²) in [6.07, 6.45) is 0. The topological polar surface area (TPSA) is 64.3 Å². The van der Waals surface area contributed by atoms with E-state index in [0.29, 0.717) is 11.3 Å². The van der Waals surface area contributed by atoms with Gasteiger partial charge in [-0.3, -0.25) is 0 Å². The monoisotopic (exact) mass is 308 g/mol. The maximum absolute atomic E-state index is 11.9. The number of nitrogens with two attached hydrogens (primary N) is 1. The van der Waals surface area contributed by atoms with Crippen molar-refractivity contribution in [2.45, 2.75) is 12.4 Å². The van der Waals surface area contributed by atoms with Gasteiger partial charge in [-0.2, -0.15) is 13.2 Å². The van der Waals surface area contributed by atoms with Gasteiger partial charge >= 0.3 is 11.5 Å². The summed E-state index contributed by atoms with van der Waals surface area (Å²) in [7, 11) is 0. The van der Waals surface area contributed by atoms with Crippen LogP contribution in [0.15, 0.2) is 18.2 Å². The molecular weight excluding hydrogens is 293 g/mol. The number of nitrogen functional groups attached to an aromatic ring is 1. The fourth-order valence-electron chi connectivity index (χ4n) is 1.42. The zero-order valence-electron chi connectivity index (χ0n) is 10.8. The van der Waals surface area contributed by atoms with Crippen molar-refractivity contribution in [3.8, 4) is 0 Å². The normalized spacial score (nSPS) is 11.2. The largest absolute Gasteiger partial charge is 0.462 e. The summed E-state index contributed by atoms with van der Waals surface area (Å²) in [6.45, 7) is 2.07. The lowest BCUT2D eigenvalue weighted by atomic mass is 10.1. The first-order valence-electron chi connectivity index (χ1n) is 5.84. The third kappa shape index (κ3) is 5.60. The molecule has 0 heterocycles. The predicted octanol–water partition coefficient (Wildman–Crippen LogP) is 3.11. The van der Waals surface area contributed by atoms with Crippen LogP contribution >= 0.6 is 11.8 Å². The van der Waals surface area contributed by atoms with Crippen LogP contribution in [0.5, 0.6) is 0 Å². The summed E-state index contributed by atoms with van der Waals surface area (Å²) in [4.78, 5) is 11.5. The van der Waals surface area contributed by atoms with Gasteiger partial charge in [0.2, 0.25) is 0 Å². The van der Waals surface area contributed by atoms with Gasteiger partial charge in [-0.25, -0.2) is 4.79 Å². The zero-order valence-corrected chi connectivity index (χ0v) is 11.6. The van der Waals surface area contributed by atoms with E-state index in [0.717, 1.165) is 0 Å². The molecule has 0 aliphatic heterocycles. The fourth-order valence-corrected chi connectivity index (χ4v) is 1.85. The van der Waals surface area contributed by atoms with Gasteiger partial charge in [-0.15, -0.1) is 0 Å². The molecule has 0 aliphatic rings. The Morgan fingerprint density at radius 2 is 2.15 bits per heavy atom. The van der Waals surface area contributed by atoms with Crippen molar-refractivity contribution in [1.82, 2.24) is 0 Å². The molecule has 0 atom stereocenters. The van der Waals surface area contributed by atoms with Gasteiger partial charge in [0.1, 0.15) is 0 Å². The summed E-state index contributed by atoms with van der Waals surface area (Å²) in [5.74, 6) is -0.610. The second kappa shape index (κ2) is 7.28. The Labute approximate surface area is 118 Å². The Morgan fingerprint density at radius 3 is 2.70 bits per heavy atom. The highest BCUT2D eigenvalue weighted by molar-refractivity contribution is 8.00. The molecule has 20 heavy (non-hydrogen) atoms. The molecule has 4 nitrogen and oxygen atoms in total. The lowest BCUT2D eigenvalue weighted by Gasteiger charge is -2.11. The minimum absolute atomic E-state index is 0.104. The number of hydrogen-bond acceptors (Lipinski definition) is 5. The quantitative estimate of drug-likeness (QED) is 0.480. The molecule has 1 aromatic rings. The number of hydrogen-bond donors (Lipinski definition) is 2. The van der Waals surface area contributed by atoms with Gasteiger partial charge in [0.05, 0.1) is 23.5 Å². The first kappa shape index (κ1) is 16.5. The van der Waals surface area contributed by atoms with Crippen LogP contribution < -0.4 is 11.1 Å². The molecule has 0 unspecified atom stereocenters. The van der Waals surface area contributed by atoms with Crippen molar-refractivity contribution in [3.63, 3.8) is 0 Å². The number of carbonyl (C=O) groups excluding carboxylic acids is 1. The molecule has 1 rings (SSSR count). The molecule has 0 aromatic heterocycles. The van der Waals surface area contributed by atoms with Gasteiger partial charge < -0.3 is 15.8 Å². The number of nitrogens with one attached hydrogen (secondary N) is 1. The smallest absolute Gasteiger partial charge is 0.441 e. The standard InChI is InChI=1S/C12H15F3N2O2S/c1-2-19-11(18)8-3-4-10(9(16)7-8)17-5-6-20-12(13,14)15/h3-4,7,17H,2,5-6,16H2,1H3. The van der Waals surface area contributed by atoms with Crippen LogP contribution in [0.25, 0.3) is 0 Å². The number of halogens is 3. The number of carbonyl (C=O) groups is 1. The summed E-state index contributed by atoms with van der Waals surface area (Å²) in [5.41, 5.74) is 2.57. The highest BCUT2D eigenvalue weighted by atomic mass is 32.2. The van der Waals surface area contributed by atoms with E-state index >= 15 is 0 Å². The second-order valence-electron chi connectivity index (χ2n) is 3.74. The summed E-state index contributed by atoms with van der Waals surface area (Å²) < 4.78 is 40.6. The maximum atomic E-state index is 11.9. The van der Waals surface area contributed by atoms with Crippen LogP contribution in [-0.2, 0) is 4.74 Å². The minimum atomic E-state index is -4.24. The molecule has 112 valence electrons. The van der Waals surface area contributed by atoms with E-state index in [1.807, 2.05) is 0 Å². The Balaban J connectivity index is 2.54. The fraction of sp³-hybridized carbons (Fsp3) is 0.417. The molecule has 0 bridgehead atoms. The summed E-state index contributed by atoms with van der Waals surface area (Å²) in [6, 6.07) is 4.48. The lowest BCUT2D eigenvalue weighted by Crippen LogP contribution is -2.11. The molecule has 8 heteroatoms. The number of benzene rings is 1. The number of thioether (sulfide) groups is 1. The van der Waals surface area contributed by atoms with E-state index in [2.05, 4.69) is 5.32 Å². The van der Waals surface area contributed by atoms with Gasteiger partial charge in [-0.05, 0) is 36.9 Å². The summed E-state index contributed by atoms with van der Waals surface area (Å²) in [5, 5.41) is 2.79. The van der Waals surface area contributed by atoms with Gasteiger partial charge in [0.15, 0.2) is 0 Å². The average molecular weight is 308 g/mol. The molecule has 0 spiro atoms. The van der Waals surface area contributed by atoms with Crippen molar-refractivity contribution >= 4 is 29.1 Å². The van der Waals surface area contributed by atoms with Crippen molar-refractivity contribution in [1.29, 1.82) is 0 Å². The molecule has 1 aromatic carbocycles. The van der Waals surface area contributed by atoms with Crippen LogP contribution in [0, 0.1) is 0 Å². The van der Waals surface area contributed by atoms with Gasteiger partial charge in [0, 0.05) is 12.3 Å². The van der Waals surface area contributed by atoms with Crippen LogP contribution in [0.4, 0.5) is 24.5 Å². The first-order chi connectivity index (χ1) is 9.33. The molecule has 3 N–H and O–H groups in total. The third-order valence-electron chi connectivity index (χ3n) is 2.25. The second-order valence-corrected chi connectivity index (χ2v) is 4.90. The molecule has 0 aliphatic carbocycles. The van der Waals surface area contributed by atoms with E-state index in [4.69, 9.17) is 10.5 Å². The number of rotatable bonds is 6. The average Bonchev–Trinajstić information content (AvgIpc) is 2.35. The van der Waals surface area contributed by atoms with Crippen LogP contribution in [0.2, 0.25) is 0 Å². The highest BCUT2D eigenvalue weighted by Crippen LogP contribution is 2.30. The van der Waals surface area contributed by atoms with E-state index < -0.39 is 11.5 Å². The lowest BCUT2D eigenvalue weighted by molar-refractivity contribution is -0.0327. The molecule has 0 saturated heterocycles. The SMILES string of the molecule is CCOC(=O)c1ccc(NCCSC(F)(F)F)c(N)c1. The van der Waals surface area contributed by atoms with Crippen LogP contribution in [0.3, 0.4) is 0 Å². The Bertz CT molecular complexity index is 467. The van der Waals surface area contributed by atoms with Gasteiger partial charge in [-0.1, -0.05) is 0 Å². The predicted molar refractivity (Wildman–Crippen MR) is 73.8 cm³/mol. The van der Waals surface area contributed by atoms with Crippen molar-refractivity contribution in [2.24, 2.45) is 0 Å². The van der Waals surface area contributed by atoms with Crippen molar-refractivity contribution < 1.29 is 22.7 Å². The third-order valence-corrected chi connectivity index (χ3v) is 2.98. The molecular formula is C12H15F3N2O2S. The number of anilines is 2. The van der Waals surface area contributed by atoms with Crippen LogP contribution in [0.1, 0.15) is 17.3 Å². The highest BCUT2D eigenvalue weighted by Gasteiger charge is 2.27. The number of esters is 1. The minimum Gasteiger partial charge on any atom is -0.462 e. The van der Waals surface area contributed by atoms with Crippen molar-refractivity contribution in [3.05, 3.63) is 23.8 Å². The van der Waals surface area contributed by atoms with Gasteiger partial charge in [0.25, 0.3) is 0 Å². The Morgan fingerprint density at radius 1 is 1.45 bits per heavy atom. The van der Waals surface area contributed by atoms with Crippen molar-refractivity contribution in [2.75, 3.05) is 30.0 Å². The van der Waals surface area contributed by atoms with E-state index in [9.17, 15) is 18.0 Å². The zero-order chi connectivity index (χ0) is 15.2. The maximum Gasteiger partial charge on any atom is 0.441 e. The van der Waals surface area contributed by atoms with Crippen LogP contribution in [-0.4, -0.2) is 30.4 Å². The Kier molecular flexibility index (Phi) is 6.00. The summed E-state index contributed by atoms with van der Waals surface area (Å²) >= 11 is -0.104. The molecule has 0 saturated carbocycles. The first-order valence-corrected chi connectivity index (χ1v) is 6.83.